The average Bonchev–Trinajstić information content (AvgIpc) is 3.00. The number of hydrogen-bond donors (Lipinski definition) is 1. The molecule has 2 aromatic carbocycles. The van der Waals surface area contributed by atoms with E-state index in [0.717, 1.165) is 10.4 Å². The summed E-state index contributed by atoms with van der Waals surface area (Å²) in [5.74, 6) is 1.55. The molecule has 0 saturated carbocycles. The molecular formula is C19H19ClN2O3S. The molecule has 3 aromatic rings. The lowest BCUT2D eigenvalue weighted by molar-refractivity contribution is 0.102. The number of fused-ring (bicyclic) bond motifs is 1. The summed E-state index contributed by atoms with van der Waals surface area (Å²) in [4.78, 5) is 16.8. The molecule has 0 aliphatic rings. The topological polar surface area (TPSA) is 60.5 Å². The number of ether oxygens (including phenoxy) is 2. The highest BCUT2D eigenvalue weighted by molar-refractivity contribution is 7.22. The molecule has 3 rings (SSSR count). The fourth-order valence-electron chi connectivity index (χ4n) is 2.27. The van der Waals surface area contributed by atoms with Crippen molar-refractivity contribution in [1.82, 2.24) is 4.98 Å². The number of carbonyl (C=O) groups excluding carboxylic acids is 1. The fourth-order valence-corrected chi connectivity index (χ4v) is 3.38. The second kappa shape index (κ2) is 7.93. The zero-order chi connectivity index (χ0) is 18.7. The molecule has 0 unspecified atom stereocenters. The Kier molecular flexibility index (Phi) is 5.64. The van der Waals surface area contributed by atoms with Gasteiger partial charge in [-0.2, -0.15) is 0 Å². The van der Waals surface area contributed by atoms with E-state index >= 15 is 0 Å². The van der Waals surface area contributed by atoms with Crippen LogP contribution >= 0.6 is 22.9 Å². The van der Waals surface area contributed by atoms with Gasteiger partial charge in [-0.1, -0.05) is 36.8 Å². The van der Waals surface area contributed by atoms with Crippen LogP contribution in [0.5, 0.6) is 11.5 Å². The number of hydrogen-bond acceptors (Lipinski definition) is 5. The van der Waals surface area contributed by atoms with Gasteiger partial charge in [-0.05, 0) is 36.2 Å². The predicted molar refractivity (Wildman–Crippen MR) is 106 cm³/mol. The molecular weight excluding hydrogens is 372 g/mol. The molecule has 1 N–H and O–H groups in total. The summed E-state index contributed by atoms with van der Waals surface area (Å²) in [6.45, 7) is 4.81. The van der Waals surface area contributed by atoms with Gasteiger partial charge < -0.3 is 9.47 Å². The highest BCUT2D eigenvalue weighted by Crippen LogP contribution is 2.34. The summed E-state index contributed by atoms with van der Waals surface area (Å²) in [6.07, 6.45) is 0. The van der Waals surface area contributed by atoms with Crippen molar-refractivity contribution < 1.29 is 14.3 Å². The van der Waals surface area contributed by atoms with Crippen LogP contribution in [0, 0.1) is 5.92 Å². The number of anilines is 1. The van der Waals surface area contributed by atoms with Crippen LogP contribution in [0.15, 0.2) is 36.4 Å². The summed E-state index contributed by atoms with van der Waals surface area (Å²) in [5, 5.41) is 3.81. The minimum atomic E-state index is -0.225. The van der Waals surface area contributed by atoms with Gasteiger partial charge in [-0.25, -0.2) is 4.98 Å². The Morgan fingerprint density at radius 2 is 2.00 bits per heavy atom. The maximum absolute atomic E-state index is 12.4. The van der Waals surface area contributed by atoms with Crippen LogP contribution in [0.3, 0.4) is 0 Å². The van der Waals surface area contributed by atoms with Crippen molar-refractivity contribution in [3.05, 3.63) is 47.0 Å². The maximum atomic E-state index is 12.4. The van der Waals surface area contributed by atoms with Crippen molar-refractivity contribution >= 4 is 44.2 Å². The normalized spacial score (nSPS) is 11.0. The number of amides is 1. The summed E-state index contributed by atoms with van der Waals surface area (Å²) >= 11 is 7.48. The van der Waals surface area contributed by atoms with E-state index in [1.54, 1.807) is 37.4 Å². The third kappa shape index (κ3) is 4.26. The maximum Gasteiger partial charge on any atom is 0.257 e. The number of nitrogens with one attached hydrogen (secondary N) is 1. The van der Waals surface area contributed by atoms with Crippen molar-refractivity contribution in [1.29, 1.82) is 0 Å². The zero-order valence-electron chi connectivity index (χ0n) is 14.7. The Hall–Kier alpha value is -2.31. The summed E-state index contributed by atoms with van der Waals surface area (Å²) < 4.78 is 11.7. The number of carbonyl (C=O) groups is 1. The molecule has 26 heavy (non-hydrogen) atoms. The van der Waals surface area contributed by atoms with Gasteiger partial charge in [0.1, 0.15) is 11.5 Å². The Labute approximate surface area is 160 Å². The van der Waals surface area contributed by atoms with E-state index < -0.39 is 0 Å². The Morgan fingerprint density at radius 1 is 1.27 bits per heavy atom. The van der Waals surface area contributed by atoms with E-state index in [2.05, 4.69) is 24.1 Å². The molecule has 0 radical (unpaired) electrons. The monoisotopic (exact) mass is 390 g/mol. The van der Waals surface area contributed by atoms with E-state index in [-0.39, 0.29) is 5.91 Å². The van der Waals surface area contributed by atoms with Crippen molar-refractivity contribution in [2.45, 2.75) is 13.8 Å². The fraction of sp³-hybridized carbons (Fsp3) is 0.263. The molecule has 0 aliphatic carbocycles. The molecule has 0 bridgehead atoms. The Bertz CT molecular complexity index is 922. The molecule has 0 atom stereocenters. The average molecular weight is 391 g/mol. The number of nitrogens with zero attached hydrogens (tertiary/aromatic N) is 1. The first-order chi connectivity index (χ1) is 12.5. The van der Waals surface area contributed by atoms with Crippen LogP contribution in [0.2, 0.25) is 5.02 Å². The van der Waals surface area contributed by atoms with Gasteiger partial charge in [-0.15, -0.1) is 0 Å². The van der Waals surface area contributed by atoms with Gasteiger partial charge in [-0.3, -0.25) is 10.1 Å². The molecule has 1 aromatic heterocycles. The number of halogens is 1. The van der Waals surface area contributed by atoms with E-state index in [1.165, 1.54) is 11.3 Å². The quantitative estimate of drug-likeness (QED) is 0.624. The number of methoxy groups -OCH3 is 1. The highest BCUT2D eigenvalue weighted by atomic mass is 35.5. The summed E-state index contributed by atoms with van der Waals surface area (Å²) in [6, 6.07) is 10.6. The lowest BCUT2D eigenvalue weighted by atomic mass is 10.2. The summed E-state index contributed by atoms with van der Waals surface area (Å²) in [5.41, 5.74) is 1.25. The lowest BCUT2D eigenvalue weighted by Crippen LogP contribution is -2.11. The summed E-state index contributed by atoms with van der Waals surface area (Å²) in [7, 11) is 1.56. The van der Waals surface area contributed by atoms with E-state index in [9.17, 15) is 4.79 Å². The van der Waals surface area contributed by atoms with Gasteiger partial charge in [0, 0.05) is 11.6 Å². The van der Waals surface area contributed by atoms with Gasteiger partial charge in [0.15, 0.2) is 5.13 Å². The van der Waals surface area contributed by atoms with Gasteiger partial charge >= 0.3 is 0 Å². The van der Waals surface area contributed by atoms with Gasteiger partial charge in [0.05, 0.1) is 29.0 Å². The first-order valence-electron chi connectivity index (χ1n) is 8.14. The number of rotatable bonds is 6. The van der Waals surface area contributed by atoms with Crippen molar-refractivity contribution in [2.24, 2.45) is 5.92 Å². The first kappa shape index (κ1) is 18.5. The van der Waals surface area contributed by atoms with Crippen LogP contribution in [0.25, 0.3) is 10.2 Å². The van der Waals surface area contributed by atoms with Crippen LogP contribution < -0.4 is 14.8 Å². The van der Waals surface area contributed by atoms with Crippen LogP contribution in [-0.2, 0) is 0 Å². The van der Waals surface area contributed by atoms with E-state index in [4.69, 9.17) is 21.1 Å². The molecule has 0 saturated heterocycles. The lowest BCUT2D eigenvalue weighted by Gasteiger charge is -2.09. The SMILES string of the molecule is COc1cc2sc(NC(=O)c3ccc(OCC(C)C)cc3)nc2cc1Cl. The highest BCUT2D eigenvalue weighted by Gasteiger charge is 2.12. The van der Waals surface area contributed by atoms with Crippen LogP contribution in [0.1, 0.15) is 24.2 Å². The second-order valence-corrected chi connectivity index (χ2v) is 7.59. The molecule has 1 amide bonds. The Morgan fingerprint density at radius 3 is 2.65 bits per heavy atom. The largest absolute Gasteiger partial charge is 0.495 e. The molecule has 0 aliphatic heterocycles. The van der Waals surface area contributed by atoms with Crippen molar-refractivity contribution in [3.8, 4) is 11.5 Å². The Balaban J connectivity index is 1.72. The molecule has 5 nitrogen and oxygen atoms in total. The van der Waals surface area contributed by atoms with Crippen molar-refractivity contribution in [2.75, 3.05) is 19.0 Å². The minimum Gasteiger partial charge on any atom is -0.495 e. The molecule has 0 fully saturated rings. The standard InChI is InChI=1S/C19H19ClN2O3S/c1-11(2)10-25-13-6-4-12(5-7-13)18(23)22-19-21-15-8-14(20)16(24-3)9-17(15)26-19/h4-9,11H,10H2,1-3H3,(H,21,22,23). The second-order valence-electron chi connectivity index (χ2n) is 6.16. The molecule has 136 valence electrons. The third-order valence-electron chi connectivity index (χ3n) is 3.58. The molecule has 0 spiro atoms. The van der Waals surface area contributed by atoms with Crippen molar-refractivity contribution in [3.63, 3.8) is 0 Å². The van der Waals surface area contributed by atoms with Crippen LogP contribution in [-0.4, -0.2) is 24.6 Å². The van der Waals surface area contributed by atoms with Gasteiger partial charge in [0.25, 0.3) is 5.91 Å². The molecule has 1 heterocycles. The number of thiazole rings is 1. The minimum absolute atomic E-state index is 0.225. The zero-order valence-corrected chi connectivity index (χ0v) is 16.3. The van der Waals surface area contributed by atoms with E-state index in [1.807, 2.05) is 6.07 Å². The van der Waals surface area contributed by atoms with Crippen LogP contribution in [0.4, 0.5) is 5.13 Å². The van der Waals surface area contributed by atoms with Gasteiger partial charge in [0.2, 0.25) is 0 Å². The predicted octanol–water partition coefficient (Wildman–Crippen LogP) is 5.25. The van der Waals surface area contributed by atoms with E-state index in [0.29, 0.717) is 39.5 Å². The number of benzene rings is 2. The number of aromatic nitrogens is 1. The first-order valence-corrected chi connectivity index (χ1v) is 9.34. The smallest absolute Gasteiger partial charge is 0.257 e. The third-order valence-corrected chi connectivity index (χ3v) is 4.81. The molecule has 7 heteroatoms.